The van der Waals surface area contributed by atoms with Gasteiger partial charge in [0.1, 0.15) is 5.82 Å². The minimum Gasteiger partial charge on any atom is -0.353 e. The Labute approximate surface area is 157 Å². The van der Waals surface area contributed by atoms with Crippen molar-refractivity contribution in [3.63, 3.8) is 0 Å². The Kier molecular flexibility index (Phi) is 5.20. The summed E-state index contributed by atoms with van der Waals surface area (Å²) in [6.45, 7) is 4.45. The van der Waals surface area contributed by atoms with Crippen LogP contribution in [0.3, 0.4) is 0 Å². The molecular formula is C18H22N6O3. The predicted octanol–water partition coefficient (Wildman–Crippen LogP) is 2.16. The molecule has 142 valence electrons. The van der Waals surface area contributed by atoms with Gasteiger partial charge in [-0.15, -0.1) is 0 Å². The zero-order chi connectivity index (χ0) is 19.6. The van der Waals surface area contributed by atoms with Gasteiger partial charge in [0, 0.05) is 69.7 Å². The first-order valence-corrected chi connectivity index (χ1v) is 8.67. The fourth-order valence-corrected chi connectivity index (χ4v) is 3.01. The van der Waals surface area contributed by atoms with Crippen molar-refractivity contribution in [2.24, 2.45) is 0 Å². The molecule has 1 saturated heterocycles. The van der Waals surface area contributed by atoms with Crippen LogP contribution in [0.15, 0.2) is 30.3 Å². The molecule has 1 fully saturated rings. The van der Waals surface area contributed by atoms with Crippen molar-refractivity contribution in [1.82, 2.24) is 19.8 Å². The summed E-state index contributed by atoms with van der Waals surface area (Å²) in [5.74, 6) is 1.22. The standard InChI is InChI=1S/C18H22N6O3/c1-13-11-16(22-7-9-23(10-8-22)18(25)21(2)3)20-17(19-13)14-5-4-6-15(12-14)24(26)27/h4-6,11-12H,7-10H2,1-3H3. The molecule has 2 heterocycles. The number of carbonyl (C=O) groups is 1. The Morgan fingerprint density at radius 2 is 1.85 bits per heavy atom. The average molecular weight is 370 g/mol. The molecule has 0 spiro atoms. The predicted molar refractivity (Wildman–Crippen MR) is 102 cm³/mol. The number of benzene rings is 1. The molecule has 1 aliphatic heterocycles. The molecule has 27 heavy (non-hydrogen) atoms. The molecule has 0 saturated carbocycles. The third-order valence-electron chi connectivity index (χ3n) is 4.41. The van der Waals surface area contributed by atoms with Gasteiger partial charge in [-0.1, -0.05) is 12.1 Å². The molecule has 0 radical (unpaired) electrons. The van der Waals surface area contributed by atoms with Crippen LogP contribution in [-0.2, 0) is 0 Å². The summed E-state index contributed by atoms with van der Waals surface area (Å²) < 4.78 is 0. The number of nitrogens with zero attached hydrogens (tertiary/aromatic N) is 6. The topological polar surface area (TPSA) is 95.7 Å². The molecule has 0 unspecified atom stereocenters. The van der Waals surface area contributed by atoms with Crippen molar-refractivity contribution in [2.45, 2.75) is 6.92 Å². The number of carbonyl (C=O) groups excluding carboxylic acids is 1. The highest BCUT2D eigenvalue weighted by atomic mass is 16.6. The second kappa shape index (κ2) is 7.56. The maximum Gasteiger partial charge on any atom is 0.319 e. The molecule has 0 bridgehead atoms. The van der Waals surface area contributed by atoms with Crippen molar-refractivity contribution in [2.75, 3.05) is 45.2 Å². The number of anilines is 1. The van der Waals surface area contributed by atoms with Crippen molar-refractivity contribution in [3.8, 4) is 11.4 Å². The quantitative estimate of drug-likeness (QED) is 0.607. The van der Waals surface area contributed by atoms with Crippen LogP contribution in [0.5, 0.6) is 0 Å². The lowest BCUT2D eigenvalue weighted by Gasteiger charge is -2.36. The van der Waals surface area contributed by atoms with Crippen LogP contribution in [0.1, 0.15) is 5.69 Å². The zero-order valence-electron chi connectivity index (χ0n) is 15.6. The van der Waals surface area contributed by atoms with Gasteiger partial charge in [0.05, 0.1) is 4.92 Å². The van der Waals surface area contributed by atoms with Gasteiger partial charge >= 0.3 is 6.03 Å². The maximum absolute atomic E-state index is 12.1. The molecule has 0 N–H and O–H groups in total. The number of rotatable bonds is 3. The molecule has 1 aromatic carbocycles. The summed E-state index contributed by atoms with van der Waals surface area (Å²) in [7, 11) is 3.49. The highest BCUT2D eigenvalue weighted by Crippen LogP contribution is 2.24. The minimum atomic E-state index is -0.429. The van der Waals surface area contributed by atoms with E-state index in [0.717, 1.165) is 11.5 Å². The van der Waals surface area contributed by atoms with E-state index in [1.54, 1.807) is 31.1 Å². The van der Waals surface area contributed by atoms with E-state index < -0.39 is 4.92 Å². The Bertz CT molecular complexity index is 862. The molecule has 9 heteroatoms. The third kappa shape index (κ3) is 4.13. The molecule has 9 nitrogen and oxygen atoms in total. The average Bonchev–Trinajstić information content (AvgIpc) is 2.67. The summed E-state index contributed by atoms with van der Waals surface area (Å²) >= 11 is 0. The van der Waals surface area contributed by atoms with E-state index in [1.807, 2.05) is 17.9 Å². The molecule has 2 aromatic rings. The second-order valence-electron chi connectivity index (χ2n) is 6.65. The number of hydrogen-bond acceptors (Lipinski definition) is 6. The normalized spacial score (nSPS) is 14.2. The van der Waals surface area contributed by atoms with Gasteiger partial charge in [0.25, 0.3) is 5.69 Å². The van der Waals surface area contributed by atoms with Gasteiger partial charge in [-0.05, 0) is 6.92 Å². The second-order valence-corrected chi connectivity index (χ2v) is 6.65. The highest BCUT2D eigenvalue weighted by Gasteiger charge is 2.23. The lowest BCUT2D eigenvalue weighted by molar-refractivity contribution is -0.384. The fourth-order valence-electron chi connectivity index (χ4n) is 3.01. The zero-order valence-corrected chi connectivity index (χ0v) is 15.6. The van der Waals surface area contributed by atoms with Gasteiger partial charge < -0.3 is 14.7 Å². The number of amides is 2. The fraction of sp³-hybridized carbons (Fsp3) is 0.389. The third-order valence-corrected chi connectivity index (χ3v) is 4.41. The Hall–Kier alpha value is -3.23. The van der Waals surface area contributed by atoms with Crippen LogP contribution < -0.4 is 4.90 Å². The van der Waals surface area contributed by atoms with Crippen LogP contribution >= 0.6 is 0 Å². The van der Waals surface area contributed by atoms with E-state index in [9.17, 15) is 14.9 Å². The van der Waals surface area contributed by atoms with E-state index >= 15 is 0 Å². The number of aryl methyl sites for hydroxylation is 1. The van der Waals surface area contributed by atoms with Gasteiger partial charge in [0.2, 0.25) is 0 Å². The van der Waals surface area contributed by atoms with Crippen LogP contribution in [0, 0.1) is 17.0 Å². The number of non-ortho nitro benzene ring substituents is 1. The van der Waals surface area contributed by atoms with Gasteiger partial charge in [-0.3, -0.25) is 10.1 Å². The van der Waals surface area contributed by atoms with Gasteiger partial charge in [-0.2, -0.15) is 0 Å². The number of piperazine rings is 1. The number of aromatic nitrogens is 2. The number of nitro benzene ring substituents is 1. The largest absolute Gasteiger partial charge is 0.353 e. The van der Waals surface area contributed by atoms with Gasteiger partial charge in [0.15, 0.2) is 5.82 Å². The molecular weight excluding hydrogens is 348 g/mol. The van der Waals surface area contributed by atoms with Crippen LogP contribution in [-0.4, -0.2) is 71.0 Å². The van der Waals surface area contributed by atoms with E-state index in [-0.39, 0.29) is 11.7 Å². The van der Waals surface area contributed by atoms with E-state index in [2.05, 4.69) is 14.9 Å². The van der Waals surface area contributed by atoms with Crippen LogP contribution in [0.25, 0.3) is 11.4 Å². The Morgan fingerprint density at radius 3 is 2.48 bits per heavy atom. The van der Waals surface area contributed by atoms with Crippen molar-refractivity contribution in [1.29, 1.82) is 0 Å². The Balaban J connectivity index is 1.82. The van der Waals surface area contributed by atoms with E-state index in [0.29, 0.717) is 37.6 Å². The van der Waals surface area contributed by atoms with Crippen LogP contribution in [0.4, 0.5) is 16.3 Å². The first kappa shape index (κ1) is 18.6. The smallest absolute Gasteiger partial charge is 0.319 e. The molecule has 0 aliphatic carbocycles. The number of hydrogen-bond donors (Lipinski definition) is 0. The van der Waals surface area contributed by atoms with E-state index in [1.165, 1.54) is 12.1 Å². The summed E-state index contributed by atoms with van der Waals surface area (Å²) in [6.07, 6.45) is 0. The lowest BCUT2D eigenvalue weighted by Crippen LogP contribution is -2.51. The maximum atomic E-state index is 12.1. The van der Waals surface area contributed by atoms with E-state index in [4.69, 9.17) is 0 Å². The SMILES string of the molecule is Cc1cc(N2CCN(C(=O)N(C)C)CC2)nc(-c2cccc([N+](=O)[O-])c2)n1. The molecule has 0 atom stereocenters. The number of nitro groups is 1. The highest BCUT2D eigenvalue weighted by molar-refractivity contribution is 5.74. The summed E-state index contributed by atoms with van der Waals surface area (Å²) in [5, 5.41) is 11.0. The van der Waals surface area contributed by atoms with Crippen molar-refractivity contribution < 1.29 is 9.72 Å². The monoisotopic (exact) mass is 370 g/mol. The summed E-state index contributed by atoms with van der Waals surface area (Å²) in [6, 6.07) is 8.22. The number of urea groups is 1. The molecule has 1 aliphatic rings. The molecule has 1 aromatic heterocycles. The molecule has 3 rings (SSSR count). The first-order chi connectivity index (χ1) is 12.8. The van der Waals surface area contributed by atoms with Crippen molar-refractivity contribution >= 4 is 17.5 Å². The Morgan fingerprint density at radius 1 is 1.15 bits per heavy atom. The van der Waals surface area contributed by atoms with Gasteiger partial charge in [-0.25, -0.2) is 14.8 Å². The van der Waals surface area contributed by atoms with Crippen molar-refractivity contribution in [3.05, 3.63) is 46.1 Å². The van der Waals surface area contributed by atoms with Crippen LogP contribution in [0.2, 0.25) is 0 Å². The lowest BCUT2D eigenvalue weighted by atomic mass is 10.2. The first-order valence-electron chi connectivity index (χ1n) is 8.67. The summed E-state index contributed by atoms with van der Waals surface area (Å²) in [4.78, 5) is 37.2. The minimum absolute atomic E-state index is 0.00537. The summed E-state index contributed by atoms with van der Waals surface area (Å²) in [5.41, 5.74) is 1.40. The molecule has 2 amide bonds.